The van der Waals surface area contributed by atoms with Gasteiger partial charge in [0.05, 0.1) is 10.9 Å². The summed E-state index contributed by atoms with van der Waals surface area (Å²) in [5.74, 6) is 2.47. The van der Waals surface area contributed by atoms with E-state index in [0.29, 0.717) is 23.2 Å². The Morgan fingerprint density at radius 1 is 1.35 bits per heavy atom. The fraction of sp³-hybridized carbons (Fsp3) is 0.316. The van der Waals surface area contributed by atoms with E-state index in [1.54, 1.807) is 25.1 Å². The van der Waals surface area contributed by atoms with Crippen LogP contribution in [-0.2, 0) is 14.8 Å². The Bertz CT molecular complexity index is 946. The molecule has 0 spiro atoms. The molecule has 1 aliphatic carbocycles. The van der Waals surface area contributed by atoms with Crippen molar-refractivity contribution < 1.29 is 17.6 Å². The maximum absolute atomic E-state index is 12.1. The van der Waals surface area contributed by atoms with Crippen LogP contribution in [0.15, 0.2) is 51.8 Å². The molecule has 1 aromatic heterocycles. The zero-order chi connectivity index (χ0) is 18.9. The van der Waals surface area contributed by atoms with Crippen LogP contribution in [0.4, 0.5) is 0 Å². The number of amides is 1. The van der Waals surface area contributed by atoms with Gasteiger partial charge < -0.3 is 9.73 Å². The van der Waals surface area contributed by atoms with Crippen molar-refractivity contribution in [1.29, 1.82) is 0 Å². The van der Waals surface area contributed by atoms with Crippen molar-refractivity contribution in [2.45, 2.75) is 37.1 Å². The molecule has 1 heterocycles. The molecule has 2 aromatic rings. The van der Waals surface area contributed by atoms with Crippen molar-refractivity contribution in [2.24, 2.45) is 11.1 Å². The fourth-order valence-electron chi connectivity index (χ4n) is 2.84. The Kier molecular flexibility index (Phi) is 5.02. The van der Waals surface area contributed by atoms with E-state index in [1.807, 2.05) is 12.1 Å². The van der Waals surface area contributed by atoms with Crippen molar-refractivity contribution >= 4 is 22.0 Å². The van der Waals surface area contributed by atoms with E-state index >= 15 is 0 Å². The second-order valence-electron chi connectivity index (χ2n) is 6.74. The molecule has 0 saturated heterocycles. The van der Waals surface area contributed by atoms with E-state index in [1.165, 1.54) is 18.2 Å². The summed E-state index contributed by atoms with van der Waals surface area (Å²) < 4.78 is 28.6. The first-order chi connectivity index (χ1) is 12.2. The molecular formula is C19H22N2O4S. The van der Waals surface area contributed by atoms with E-state index in [9.17, 15) is 13.2 Å². The second-order valence-corrected chi connectivity index (χ2v) is 8.30. The summed E-state index contributed by atoms with van der Waals surface area (Å²) in [5, 5.41) is 7.93. The normalized spacial score (nSPS) is 20.9. The van der Waals surface area contributed by atoms with Crippen LogP contribution in [0, 0.1) is 5.92 Å². The molecule has 138 valence electrons. The largest absolute Gasteiger partial charge is 0.461 e. The maximum atomic E-state index is 12.1. The highest BCUT2D eigenvalue weighted by molar-refractivity contribution is 7.89. The molecule has 1 saturated carbocycles. The van der Waals surface area contributed by atoms with Crippen molar-refractivity contribution in [1.82, 2.24) is 5.32 Å². The number of nitrogens with one attached hydrogen (secondary N) is 1. The second kappa shape index (κ2) is 7.09. The lowest BCUT2D eigenvalue weighted by Gasteiger charge is -2.13. The molecule has 7 heteroatoms. The van der Waals surface area contributed by atoms with E-state index in [2.05, 4.69) is 12.2 Å². The minimum absolute atomic E-state index is 0.0176. The van der Waals surface area contributed by atoms with Crippen LogP contribution in [0.5, 0.6) is 0 Å². The predicted molar refractivity (Wildman–Crippen MR) is 98.6 cm³/mol. The van der Waals surface area contributed by atoms with E-state index in [4.69, 9.17) is 9.56 Å². The Hall–Kier alpha value is -2.38. The summed E-state index contributed by atoms with van der Waals surface area (Å²) in [5.41, 5.74) is 0.654. The van der Waals surface area contributed by atoms with Gasteiger partial charge in [-0.15, -0.1) is 0 Å². The van der Waals surface area contributed by atoms with Gasteiger partial charge in [0.15, 0.2) is 0 Å². The number of hydrogen-bond acceptors (Lipinski definition) is 4. The van der Waals surface area contributed by atoms with Crippen molar-refractivity contribution in [3.8, 4) is 0 Å². The Morgan fingerprint density at radius 3 is 2.73 bits per heavy atom. The van der Waals surface area contributed by atoms with Crippen molar-refractivity contribution in [3.05, 3.63) is 59.6 Å². The number of carbonyl (C=O) groups is 1. The predicted octanol–water partition coefficient (Wildman–Crippen LogP) is 2.94. The van der Waals surface area contributed by atoms with Gasteiger partial charge in [-0.1, -0.05) is 19.1 Å². The Balaban J connectivity index is 1.61. The van der Waals surface area contributed by atoms with Gasteiger partial charge in [0.1, 0.15) is 11.5 Å². The molecule has 1 aromatic carbocycles. The van der Waals surface area contributed by atoms with Gasteiger partial charge in [0.25, 0.3) is 0 Å². The lowest BCUT2D eigenvalue weighted by atomic mass is 10.1. The molecule has 1 fully saturated rings. The first-order valence-electron chi connectivity index (χ1n) is 8.45. The summed E-state index contributed by atoms with van der Waals surface area (Å²) in [6.45, 7) is 3.95. The molecule has 3 unspecified atom stereocenters. The molecule has 3 atom stereocenters. The smallest absolute Gasteiger partial charge is 0.244 e. The third-order valence-electron chi connectivity index (χ3n) is 4.57. The fourth-order valence-corrected chi connectivity index (χ4v) is 3.41. The van der Waals surface area contributed by atoms with E-state index in [-0.39, 0.29) is 16.8 Å². The molecule has 1 amide bonds. The number of carbonyl (C=O) groups excluding carboxylic acids is 1. The van der Waals surface area contributed by atoms with Crippen LogP contribution in [-0.4, -0.2) is 14.3 Å². The number of benzene rings is 1. The van der Waals surface area contributed by atoms with Gasteiger partial charge in [-0.2, -0.15) is 0 Å². The standard InChI is InChI=1S/C19H22N2O4S/c1-12-10-17(12)18-8-6-15(25-18)7-9-19(22)21-13(2)14-4-3-5-16(11-14)26(20,23)24/h3-9,11-13,17H,10H2,1-2H3,(H,21,22)(H2,20,23,24)/b9-7+. The van der Waals surface area contributed by atoms with Crippen molar-refractivity contribution in [3.63, 3.8) is 0 Å². The summed E-state index contributed by atoms with van der Waals surface area (Å²) in [4.78, 5) is 12.1. The van der Waals surface area contributed by atoms with Crippen LogP contribution in [0.3, 0.4) is 0 Å². The summed E-state index contributed by atoms with van der Waals surface area (Å²) >= 11 is 0. The first-order valence-corrected chi connectivity index (χ1v) is 10.00. The first kappa shape index (κ1) is 18.4. The monoisotopic (exact) mass is 374 g/mol. The molecule has 3 rings (SSSR count). The summed E-state index contributed by atoms with van der Waals surface area (Å²) in [6, 6.07) is 9.64. The number of hydrogen-bond donors (Lipinski definition) is 2. The highest BCUT2D eigenvalue weighted by Gasteiger charge is 2.36. The highest BCUT2D eigenvalue weighted by atomic mass is 32.2. The highest BCUT2D eigenvalue weighted by Crippen LogP contribution is 2.47. The maximum Gasteiger partial charge on any atom is 0.244 e. The number of furan rings is 1. The SMILES string of the molecule is CC(NC(=O)/C=C/c1ccc(C2CC2C)o1)c1cccc(S(N)(=O)=O)c1. The van der Waals surface area contributed by atoms with Crippen LogP contribution in [0.2, 0.25) is 0 Å². The van der Waals surface area contributed by atoms with Crippen LogP contribution >= 0.6 is 0 Å². The van der Waals surface area contributed by atoms with Gasteiger partial charge in [-0.25, -0.2) is 13.6 Å². The lowest BCUT2D eigenvalue weighted by molar-refractivity contribution is -0.117. The van der Waals surface area contributed by atoms with Gasteiger partial charge in [0.2, 0.25) is 15.9 Å². The number of nitrogens with two attached hydrogens (primary N) is 1. The third kappa shape index (κ3) is 4.42. The molecule has 0 aliphatic heterocycles. The van der Waals surface area contributed by atoms with Gasteiger partial charge >= 0.3 is 0 Å². The molecule has 26 heavy (non-hydrogen) atoms. The molecule has 3 N–H and O–H groups in total. The minimum Gasteiger partial charge on any atom is -0.461 e. The molecule has 0 bridgehead atoms. The summed E-state index contributed by atoms with van der Waals surface area (Å²) in [7, 11) is -3.78. The van der Waals surface area contributed by atoms with E-state index < -0.39 is 10.0 Å². The number of rotatable bonds is 6. The lowest BCUT2D eigenvalue weighted by Crippen LogP contribution is -2.25. The van der Waals surface area contributed by atoms with Gasteiger partial charge in [-0.3, -0.25) is 4.79 Å². The number of primary sulfonamides is 1. The van der Waals surface area contributed by atoms with Gasteiger partial charge in [0, 0.05) is 12.0 Å². The summed E-state index contributed by atoms with van der Waals surface area (Å²) in [6.07, 6.45) is 4.17. The zero-order valence-electron chi connectivity index (χ0n) is 14.7. The quantitative estimate of drug-likeness (QED) is 0.759. The molecular weight excluding hydrogens is 352 g/mol. The molecule has 0 radical (unpaired) electrons. The van der Waals surface area contributed by atoms with Crippen LogP contribution in [0.25, 0.3) is 6.08 Å². The number of sulfonamides is 1. The molecule has 6 nitrogen and oxygen atoms in total. The van der Waals surface area contributed by atoms with Gasteiger partial charge in [-0.05, 0) is 55.2 Å². The third-order valence-corrected chi connectivity index (χ3v) is 5.48. The Morgan fingerprint density at radius 2 is 2.08 bits per heavy atom. The average Bonchev–Trinajstić information content (AvgIpc) is 3.13. The molecule has 1 aliphatic rings. The van der Waals surface area contributed by atoms with Crippen LogP contribution in [0.1, 0.15) is 49.3 Å². The zero-order valence-corrected chi connectivity index (χ0v) is 15.5. The average molecular weight is 374 g/mol. The van der Waals surface area contributed by atoms with Crippen molar-refractivity contribution in [2.75, 3.05) is 0 Å². The van der Waals surface area contributed by atoms with E-state index in [0.717, 1.165) is 12.2 Å². The topological polar surface area (TPSA) is 102 Å². The minimum atomic E-state index is -3.78. The van der Waals surface area contributed by atoms with Crippen LogP contribution < -0.4 is 10.5 Å². The Labute approximate surface area is 153 Å².